The zero-order valence-corrected chi connectivity index (χ0v) is 16.9. The third kappa shape index (κ3) is 4.15. The van der Waals surface area contributed by atoms with Gasteiger partial charge in [-0.15, -0.1) is 0 Å². The molecular weight excluding hydrogens is 342 g/mol. The van der Waals surface area contributed by atoms with Crippen LogP contribution < -0.4 is 9.64 Å². The van der Waals surface area contributed by atoms with Crippen molar-refractivity contribution in [3.05, 3.63) is 24.3 Å². The summed E-state index contributed by atoms with van der Waals surface area (Å²) in [5.74, 6) is 3.73. The molecule has 0 radical (unpaired) electrons. The Kier molecular flexibility index (Phi) is 6.28. The Balaban J connectivity index is 1.32. The van der Waals surface area contributed by atoms with Crippen LogP contribution in [-0.4, -0.2) is 79.8 Å². The van der Waals surface area contributed by atoms with Gasteiger partial charge in [-0.3, -0.25) is 9.80 Å². The summed E-state index contributed by atoms with van der Waals surface area (Å²) < 4.78 is 5.56. The van der Waals surface area contributed by atoms with Gasteiger partial charge in [0, 0.05) is 44.8 Å². The van der Waals surface area contributed by atoms with E-state index in [1.54, 1.807) is 7.11 Å². The molecule has 5 heteroatoms. The second kappa shape index (κ2) is 8.85. The fraction of sp³-hybridized carbons (Fsp3) is 0.714. The average Bonchev–Trinajstić information content (AvgIpc) is 2.74. The number of likely N-dealkylation sites (tertiary alicyclic amines) is 1. The maximum Gasteiger partial charge on any atom is 0.142 e. The number of rotatable bonds is 4. The van der Waals surface area contributed by atoms with Crippen molar-refractivity contribution in [1.29, 1.82) is 0 Å². The van der Waals surface area contributed by atoms with Gasteiger partial charge < -0.3 is 9.64 Å². The van der Waals surface area contributed by atoms with Gasteiger partial charge in [-0.1, -0.05) is 12.1 Å². The number of hydrogen-bond acceptors (Lipinski definition) is 5. The highest BCUT2D eigenvalue weighted by molar-refractivity contribution is 7.99. The van der Waals surface area contributed by atoms with E-state index >= 15 is 0 Å². The third-order valence-electron chi connectivity index (χ3n) is 6.39. The van der Waals surface area contributed by atoms with Gasteiger partial charge in [0.05, 0.1) is 12.8 Å². The Morgan fingerprint density at radius 3 is 2.42 bits per heavy atom. The Hall–Kier alpha value is -0.910. The molecule has 144 valence electrons. The third-order valence-corrected chi connectivity index (χ3v) is 7.44. The van der Waals surface area contributed by atoms with Crippen molar-refractivity contribution in [2.45, 2.75) is 37.8 Å². The molecular formula is C21H33N3OS. The van der Waals surface area contributed by atoms with Crippen LogP contribution in [0.25, 0.3) is 0 Å². The second-order valence-electron chi connectivity index (χ2n) is 7.83. The normalized spacial score (nSPS) is 26.8. The van der Waals surface area contributed by atoms with Crippen LogP contribution in [0.3, 0.4) is 0 Å². The van der Waals surface area contributed by atoms with Crippen LogP contribution in [0.4, 0.5) is 5.69 Å². The molecule has 0 N–H and O–H groups in total. The van der Waals surface area contributed by atoms with Gasteiger partial charge in [-0.25, -0.2) is 0 Å². The number of para-hydroxylation sites is 2. The van der Waals surface area contributed by atoms with Gasteiger partial charge in [-0.2, -0.15) is 11.8 Å². The molecule has 4 rings (SSSR count). The zero-order valence-electron chi connectivity index (χ0n) is 16.1. The molecule has 3 heterocycles. The summed E-state index contributed by atoms with van der Waals surface area (Å²) in [6, 6.07) is 10.1. The molecule has 0 spiro atoms. The number of piperidine rings is 1. The van der Waals surface area contributed by atoms with Crippen molar-refractivity contribution in [1.82, 2.24) is 9.80 Å². The van der Waals surface area contributed by atoms with Crippen LogP contribution in [-0.2, 0) is 0 Å². The highest BCUT2D eigenvalue weighted by Gasteiger charge is 2.31. The predicted molar refractivity (Wildman–Crippen MR) is 112 cm³/mol. The molecule has 0 amide bonds. The summed E-state index contributed by atoms with van der Waals surface area (Å²) in [6.07, 6.45) is 5.56. The minimum absolute atomic E-state index is 0.762. The Morgan fingerprint density at radius 2 is 1.65 bits per heavy atom. The van der Waals surface area contributed by atoms with E-state index in [2.05, 4.69) is 50.7 Å². The van der Waals surface area contributed by atoms with Crippen molar-refractivity contribution >= 4 is 17.4 Å². The number of ether oxygens (including phenoxy) is 1. The number of thioether (sulfide) groups is 1. The molecule has 3 fully saturated rings. The average molecular weight is 376 g/mol. The fourth-order valence-corrected chi connectivity index (χ4v) is 5.96. The number of anilines is 1. The van der Waals surface area contributed by atoms with Gasteiger partial charge in [-0.05, 0) is 55.9 Å². The standard InChI is InChI=1S/C21H33N3OS/c1-25-21-7-3-2-6-20(21)23-13-11-22(12-14-23)19-5-4-10-24(17-19)18-8-15-26-16-9-18/h2-3,6-7,18-19H,4-5,8-17H2,1H3. The Bertz CT molecular complexity index is 570. The first kappa shape index (κ1) is 18.5. The quantitative estimate of drug-likeness (QED) is 0.802. The minimum Gasteiger partial charge on any atom is -0.495 e. The fourth-order valence-electron chi connectivity index (χ4n) is 4.88. The van der Waals surface area contributed by atoms with Crippen LogP contribution in [0.2, 0.25) is 0 Å². The van der Waals surface area contributed by atoms with Gasteiger partial charge in [0.1, 0.15) is 5.75 Å². The predicted octanol–water partition coefficient (Wildman–Crippen LogP) is 3.18. The highest BCUT2D eigenvalue weighted by atomic mass is 32.2. The Labute approximate surface area is 162 Å². The molecule has 0 saturated carbocycles. The molecule has 3 saturated heterocycles. The first-order valence-electron chi connectivity index (χ1n) is 10.3. The van der Waals surface area contributed by atoms with E-state index in [1.807, 2.05) is 0 Å². The summed E-state index contributed by atoms with van der Waals surface area (Å²) in [5.41, 5.74) is 1.25. The molecule has 4 nitrogen and oxygen atoms in total. The lowest BCUT2D eigenvalue weighted by Gasteiger charge is -2.46. The highest BCUT2D eigenvalue weighted by Crippen LogP contribution is 2.30. The molecule has 0 bridgehead atoms. The zero-order chi connectivity index (χ0) is 17.8. The van der Waals surface area contributed by atoms with Crippen LogP contribution in [0, 0.1) is 0 Å². The number of nitrogens with zero attached hydrogens (tertiary/aromatic N) is 3. The van der Waals surface area contributed by atoms with Crippen molar-refractivity contribution in [2.75, 3.05) is 62.8 Å². The van der Waals surface area contributed by atoms with E-state index in [1.165, 1.54) is 69.1 Å². The molecule has 0 aliphatic carbocycles. The van der Waals surface area contributed by atoms with Gasteiger partial charge in [0.2, 0.25) is 0 Å². The molecule has 0 aromatic heterocycles. The smallest absolute Gasteiger partial charge is 0.142 e. The number of methoxy groups -OCH3 is 1. The molecule has 1 atom stereocenters. The molecule has 26 heavy (non-hydrogen) atoms. The lowest BCUT2D eigenvalue weighted by Crippen LogP contribution is -2.56. The van der Waals surface area contributed by atoms with Crippen LogP contribution in [0.15, 0.2) is 24.3 Å². The number of hydrogen-bond donors (Lipinski definition) is 0. The molecule has 3 aliphatic heterocycles. The van der Waals surface area contributed by atoms with E-state index < -0.39 is 0 Å². The summed E-state index contributed by atoms with van der Waals surface area (Å²) in [4.78, 5) is 8.07. The van der Waals surface area contributed by atoms with E-state index in [9.17, 15) is 0 Å². The minimum atomic E-state index is 0.762. The van der Waals surface area contributed by atoms with Crippen molar-refractivity contribution in [3.63, 3.8) is 0 Å². The largest absolute Gasteiger partial charge is 0.495 e. The first-order valence-corrected chi connectivity index (χ1v) is 11.4. The molecule has 3 aliphatic rings. The Morgan fingerprint density at radius 1 is 0.885 bits per heavy atom. The van der Waals surface area contributed by atoms with Crippen LogP contribution in [0.1, 0.15) is 25.7 Å². The van der Waals surface area contributed by atoms with Crippen LogP contribution in [0.5, 0.6) is 5.75 Å². The summed E-state index contributed by atoms with van der Waals surface area (Å²) in [6.45, 7) is 7.19. The van der Waals surface area contributed by atoms with E-state index in [4.69, 9.17) is 4.74 Å². The topological polar surface area (TPSA) is 19.0 Å². The lowest BCUT2D eigenvalue weighted by molar-refractivity contribution is 0.0645. The van der Waals surface area contributed by atoms with Crippen molar-refractivity contribution in [3.8, 4) is 5.75 Å². The van der Waals surface area contributed by atoms with Crippen molar-refractivity contribution in [2.24, 2.45) is 0 Å². The maximum absolute atomic E-state index is 5.56. The second-order valence-corrected chi connectivity index (χ2v) is 9.05. The van der Waals surface area contributed by atoms with Gasteiger partial charge in [0.15, 0.2) is 0 Å². The van der Waals surface area contributed by atoms with Crippen molar-refractivity contribution < 1.29 is 4.74 Å². The van der Waals surface area contributed by atoms with E-state index in [-0.39, 0.29) is 0 Å². The lowest BCUT2D eigenvalue weighted by atomic mass is 9.99. The number of benzene rings is 1. The summed E-state index contributed by atoms with van der Waals surface area (Å²) in [5, 5.41) is 0. The van der Waals surface area contributed by atoms with Gasteiger partial charge in [0.25, 0.3) is 0 Å². The van der Waals surface area contributed by atoms with Gasteiger partial charge >= 0.3 is 0 Å². The summed E-state index contributed by atoms with van der Waals surface area (Å²) in [7, 11) is 1.77. The monoisotopic (exact) mass is 375 g/mol. The summed E-state index contributed by atoms with van der Waals surface area (Å²) >= 11 is 2.14. The van der Waals surface area contributed by atoms with Crippen LogP contribution >= 0.6 is 11.8 Å². The van der Waals surface area contributed by atoms with E-state index in [0.29, 0.717) is 0 Å². The SMILES string of the molecule is COc1ccccc1N1CCN(C2CCCN(C3CCSCC3)C2)CC1. The molecule has 1 aromatic rings. The maximum atomic E-state index is 5.56. The molecule has 1 aromatic carbocycles. The first-order chi connectivity index (χ1) is 12.8. The van der Waals surface area contributed by atoms with E-state index in [0.717, 1.165) is 30.9 Å². The molecule has 1 unspecified atom stereocenters. The number of piperazine rings is 1.